The maximum Gasteiger partial charge on any atom is 0.174 e. The molecule has 4 unspecified atom stereocenters. The zero-order valence-electron chi connectivity index (χ0n) is 13.3. The van der Waals surface area contributed by atoms with Crippen LogP contribution in [0.3, 0.4) is 0 Å². The van der Waals surface area contributed by atoms with Gasteiger partial charge in [-0.25, -0.2) is 0 Å². The second-order valence-corrected chi connectivity index (χ2v) is 6.41. The van der Waals surface area contributed by atoms with Gasteiger partial charge in [0.05, 0.1) is 0 Å². The minimum absolute atomic E-state index is 0.102. The molecule has 1 fully saturated rings. The summed E-state index contributed by atoms with van der Waals surface area (Å²) in [4.78, 5) is 0. The molecule has 1 aliphatic carbocycles. The minimum atomic E-state index is 0.102. The summed E-state index contributed by atoms with van der Waals surface area (Å²) in [7, 11) is 0. The van der Waals surface area contributed by atoms with Gasteiger partial charge in [0.15, 0.2) is 6.61 Å². The Labute approximate surface area is 128 Å². The first-order chi connectivity index (χ1) is 10.1. The number of hydrogen-bond donors (Lipinski definition) is 1. The molecule has 4 atom stereocenters. The van der Waals surface area contributed by atoms with Crippen molar-refractivity contribution >= 4 is 0 Å². The number of nitrogens with one attached hydrogen (secondary N) is 1. The highest BCUT2D eigenvalue weighted by Crippen LogP contribution is 2.30. The van der Waals surface area contributed by atoms with Crippen molar-refractivity contribution in [3.05, 3.63) is 29.8 Å². The first-order valence-electron chi connectivity index (χ1n) is 7.96. The van der Waals surface area contributed by atoms with Crippen LogP contribution in [0.4, 0.5) is 0 Å². The Kier molecular flexibility index (Phi) is 5.64. The van der Waals surface area contributed by atoms with Crippen LogP contribution in [0.15, 0.2) is 24.3 Å². The first kappa shape index (κ1) is 15.9. The fourth-order valence-corrected chi connectivity index (χ4v) is 3.30. The molecular formula is C18H26N2O. The van der Waals surface area contributed by atoms with Gasteiger partial charge in [0.25, 0.3) is 0 Å². The van der Waals surface area contributed by atoms with Gasteiger partial charge >= 0.3 is 0 Å². The van der Waals surface area contributed by atoms with E-state index in [9.17, 15) is 0 Å². The van der Waals surface area contributed by atoms with Crippen molar-refractivity contribution < 1.29 is 4.74 Å². The summed E-state index contributed by atoms with van der Waals surface area (Å²) in [6.07, 6.45) is 3.93. The number of hydrogen-bond acceptors (Lipinski definition) is 3. The highest BCUT2D eigenvalue weighted by Gasteiger charge is 2.26. The fraction of sp³-hybridized carbons (Fsp3) is 0.611. The molecule has 1 aromatic carbocycles. The van der Waals surface area contributed by atoms with Gasteiger partial charge in [0, 0.05) is 12.1 Å². The third kappa shape index (κ3) is 4.47. The van der Waals surface area contributed by atoms with E-state index in [-0.39, 0.29) is 6.61 Å². The van der Waals surface area contributed by atoms with Crippen molar-refractivity contribution in [1.29, 1.82) is 5.26 Å². The van der Waals surface area contributed by atoms with Gasteiger partial charge in [-0.05, 0) is 55.7 Å². The Bertz CT molecular complexity index is 477. The van der Waals surface area contributed by atoms with Crippen LogP contribution in [0.25, 0.3) is 0 Å². The smallest absolute Gasteiger partial charge is 0.174 e. The average Bonchev–Trinajstić information content (AvgIpc) is 2.48. The van der Waals surface area contributed by atoms with Crippen molar-refractivity contribution in [3.63, 3.8) is 0 Å². The Morgan fingerprint density at radius 2 is 2.00 bits per heavy atom. The van der Waals surface area contributed by atoms with Crippen LogP contribution in [0.2, 0.25) is 0 Å². The molecule has 0 amide bonds. The van der Waals surface area contributed by atoms with Crippen LogP contribution in [0, 0.1) is 23.2 Å². The summed E-state index contributed by atoms with van der Waals surface area (Å²) < 4.78 is 5.29. The Balaban J connectivity index is 1.91. The van der Waals surface area contributed by atoms with Gasteiger partial charge < -0.3 is 10.1 Å². The molecule has 114 valence electrons. The summed E-state index contributed by atoms with van der Waals surface area (Å²) in [6.45, 7) is 7.04. The van der Waals surface area contributed by atoms with Gasteiger partial charge in [0.2, 0.25) is 0 Å². The van der Waals surface area contributed by atoms with Crippen LogP contribution in [-0.2, 0) is 0 Å². The maximum absolute atomic E-state index is 8.51. The van der Waals surface area contributed by atoms with Crippen LogP contribution in [-0.4, -0.2) is 12.6 Å². The van der Waals surface area contributed by atoms with Crippen molar-refractivity contribution in [2.45, 2.75) is 52.1 Å². The molecule has 1 saturated carbocycles. The van der Waals surface area contributed by atoms with Gasteiger partial charge in [-0.1, -0.05) is 26.0 Å². The lowest BCUT2D eigenvalue weighted by atomic mass is 9.79. The third-order valence-corrected chi connectivity index (χ3v) is 4.58. The van der Waals surface area contributed by atoms with E-state index in [2.05, 4.69) is 38.2 Å². The monoisotopic (exact) mass is 286 g/mol. The van der Waals surface area contributed by atoms with Crippen LogP contribution < -0.4 is 10.1 Å². The van der Waals surface area contributed by atoms with E-state index in [1.807, 2.05) is 18.2 Å². The van der Waals surface area contributed by atoms with E-state index >= 15 is 0 Å². The molecule has 2 rings (SSSR count). The lowest BCUT2D eigenvalue weighted by Gasteiger charge is -2.35. The van der Waals surface area contributed by atoms with Gasteiger partial charge in [0.1, 0.15) is 11.8 Å². The lowest BCUT2D eigenvalue weighted by Crippen LogP contribution is -2.40. The predicted octanol–water partition coefficient (Wildman–Crippen LogP) is 4.06. The van der Waals surface area contributed by atoms with E-state index in [0.29, 0.717) is 12.1 Å². The number of benzene rings is 1. The van der Waals surface area contributed by atoms with Crippen molar-refractivity contribution in [1.82, 2.24) is 5.32 Å². The number of ether oxygens (including phenoxy) is 1. The number of nitriles is 1. The molecule has 3 heteroatoms. The van der Waals surface area contributed by atoms with E-state index in [0.717, 1.165) is 17.6 Å². The van der Waals surface area contributed by atoms with E-state index in [1.165, 1.54) is 24.8 Å². The average molecular weight is 286 g/mol. The van der Waals surface area contributed by atoms with Crippen LogP contribution in [0.1, 0.15) is 51.6 Å². The zero-order chi connectivity index (χ0) is 15.2. The SMILES string of the molecule is CC1CCC(NC(C)c2ccc(OCC#N)cc2)C(C)C1. The summed E-state index contributed by atoms with van der Waals surface area (Å²) in [5, 5.41) is 12.3. The topological polar surface area (TPSA) is 45.0 Å². The Hall–Kier alpha value is -1.53. The Morgan fingerprint density at radius 3 is 2.62 bits per heavy atom. The highest BCUT2D eigenvalue weighted by molar-refractivity contribution is 5.29. The van der Waals surface area contributed by atoms with Crippen molar-refractivity contribution in [3.8, 4) is 11.8 Å². The van der Waals surface area contributed by atoms with Crippen molar-refractivity contribution in [2.24, 2.45) is 11.8 Å². The molecule has 0 heterocycles. The molecule has 1 N–H and O–H groups in total. The second kappa shape index (κ2) is 7.47. The molecule has 1 aromatic rings. The molecule has 0 aliphatic heterocycles. The normalized spacial score (nSPS) is 26.9. The van der Waals surface area contributed by atoms with Gasteiger partial charge in [-0.2, -0.15) is 5.26 Å². The third-order valence-electron chi connectivity index (χ3n) is 4.58. The fourth-order valence-electron chi connectivity index (χ4n) is 3.30. The minimum Gasteiger partial charge on any atom is -0.479 e. The molecule has 0 radical (unpaired) electrons. The van der Waals surface area contributed by atoms with E-state index in [1.54, 1.807) is 0 Å². The molecular weight excluding hydrogens is 260 g/mol. The number of rotatable bonds is 5. The zero-order valence-corrected chi connectivity index (χ0v) is 13.3. The second-order valence-electron chi connectivity index (χ2n) is 6.41. The molecule has 0 aromatic heterocycles. The largest absolute Gasteiger partial charge is 0.479 e. The number of nitrogens with zero attached hydrogens (tertiary/aromatic N) is 1. The molecule has 21 heavy (non-hydrogen) atoms. The molecule has 3 nitrogen and oxygen atoms in total. The predicted molar refractivity (Wildman–Crippen MR) is 85.1 cm³/mol. The molecule has 0 spiro atoms. The summed E-state index contributed by atoms with van der Waals surface area (Å²) in [6, 6.07) is 11.0. The first-order valence-corrected chi connectivity index (χ1v) is 7.96. The van der Waals surface area contributed by atoms with Gasteiger partial charge in [-0.3, -0.25) is 0 Å². The lowest BCUT2D eigenvalue weighted by molar-refractivity contribution is 0.216. The van der Waals surface area contributed by atoms with E-state index in [4.69, 9.17) is 10.00 Å². The van der Waals surface area contributed by atoms with Crippen molar-refractivity contribution in [2.75, 3.05) is 6.61 Å². The van der Waals surface area contributed by atoms with Crippen LogP contribution >= 0.6 is 0 Å². The molecule has 0 bridgehead atoms. The standard InChI is InChI=1S/C18H26N2O/c1-13-4-9-18(14(2)12-13)20-15(3)16-5-7-17(8-6-16)21-11-10-19/h5-8,13-15,18,20H,4,9,11-12H2,1-3H3. The summed E-state index contributed by atoms with van der Waals surface area (Å²) in [5.41, 5.74) is 1.27. The quantitative estimate of drug-likeness (QED) is 0.887. The van der Waals surface area contributed by atoms with E-state index < -0.39 is 0 Å². The summed E-state index contributed by atoms with van der Waals surface area (Å²) >= 11 is 0. The van der Waals surface area contributed by atoms with Crippen LogP contribution in [0.5, 0.6) is 5.75 Å². The highest BCUT2D eigenvalue weighted by atomic mass is 16.5. The van der Waals surface area contributed by atoms with Gasteiger partial charge in [-0.15, -0.1) is 0 Å². The molecule has 1 aliphatic rings. The summed E-state index contributed by atoms with van der Waals surface area (Å²) in [5.74, 6) is 2.37. The molecule has 0 saturated heterocycles. The Morgan fingerprint density at radius 1 is 1.29 bits per heavy atom. The maximum atomic E-state index is 8.51.